The van der Waals surface area contributed by atoms with Crippen molar-refractivity contribution in [2.24, 2.45) is 0 Å². The average molecular weight is 332 g/mol. The minimum absolute atomic E-state index is 0.205. The van der Waals surface area contributed by atoms with E-state index < -0.39 is 0 Å². The largest absolute Gasteiger partial charge is 0.468 e. The first-order chi connectivity index (χ1) is 9.03. The van der Waals surface area contributed by atoms with Gasteiger partial charge >= 0.3 is 5.97 Å². The SMILES string of the molecule is CCCN(CC(=O)OC)Cc1c(Br)c(C)nn1CC. The zero-order chi connectivity index (χ0) is 14.4. The number of aryl methyl sites for hydroxylation is 2. The Morgan fingerprint density at radius 3 is 2.68 bits per heavy atom. The maximum Gasteiger partial charge on any atom is 0.319 e. The number of halogens is 1. The number of carbonyl (C=O) groups excluding carboxylic acids is 1. The van der Waals surface area contributed by atoms with Crippen LogP contribution in [0.4, 0.5) is 0 Å². The first-order valence-corrected chi connectivity index (χ1v) is 7.33. The van der Waals surface area contributed by atoms with Crippen molar-refractivity contribution in [3.63, 3.8) is 0 Å². The number of ether oxygens (including phenoxy) is 1. The smallest absolute Gasteiger partial charge is 0.319 e. The Bertz CT molecular complexity index is 432. The number of hydrogen-bond acceptors (Lipinski definition) is 4. The van der Waals surface area contributed by atoms with E-state index in [4.69, 9.17) is 4.74 Å². The molecule has 108 valence electrons. The van der Waals surface area contributed by atoms with Gasteiger partial charge < -0.3 is 4.74 Å². The summed E-state index contributed by atoms with van der Waals surface area (Å²) in [4.78, 5) is 13.5. The van der Waals surface area contributed by atoms with Crippen molar-refractivity contribution < 1.29 is 9.53 Å². The third-order valence-corrected chi connectivity index (χ3v) is 3.98. The second-order valence-electron chi connectivity index (χ2n) is 4.45. The van der Waals surface area contributed by atoms with Crippen LogP contribution >= 0.6 is 15.9 Å². The molecule has 0 bridgehead atoms. The Labute approximate surface area is 123 Å². The maximum atomic E-state index is 11.4. The molecule has 1 aromatic rings. The van der Waals surface area contributed by atoms with Crippen LogP contribution in [0.15, 0.2) is 4.47 Å². The Hall–Kier alpha value is -0.880. The van der Waals surface area contributed by atoms with Crippen LogP contribution < -0.4 is 0 Å². The van der Waals surface area contributed by atoms with E-state index in [0.29, 0.717) is 13.1 Å². The van der Waals surface area contributed by atoms with Crippen molar-refractivity contribution in [2.75, 3.05) is 20.2 Å². The molecule has 0 saturated heterocycles. The zero-order valence-corrected chi connectivity index (χ0v) is 13.7. The van der Waals surface area contributed by atoms with Gasteiger partial charge in [0.15, 0.2) is 0 Å². The van der Waals surface area contributed by atoms with E-state index in [9.17, 15) is 4.79 Å². The molecule has 0 aromatic carbocycles. The fraction of sp³-hybridized carbons (Fsp3) is 0.692. The topological polar surface area (TPSA) is 47.4 Å². The first kappa shape index (κ1) is 16.2. The van der Waals surface area contributed by atoms with Crippen molar-refractivity contribution in [1.82, 2.24) is 14.7 Å². The lowest BCUT2D eigenvalue weighted by atomic mass is 10.3. The summed E-state index contributed by atoms with van der Waals surface area (Å²) in [5, 5.41) is 4.47. The van der Waals surface area contributed by atoms with Crippen LogP contribution in [0.5, 0.6) is 0 Å². The number of nitrogens with zero attached hydrogens (tertiary/aromatic N) is 3. The zero-order valence-electron chi connectivity index (χ0n) is 12.1. The second kappa shape index (κ2) is 7.65. The van der Waals surface area contributed by atoms with Gasteiger partial charge in [-0.25, -0.2) is 0 Å². The van der Waals surface area contributed by atoms with Gasteiger partial charge in [-0.15, -0.1) is 0 Å². The molecule has 6 heteroatoms. The van der Waals surface area contributed by atoms with Crippen LogP contribution in [0.3, 0.4) is 0 Å². The molecule has 0 aliphatic heterocycles. The normalized spacial score (nSPS) is 11.1. The quantitative estimate of drug-likeness (QED) is 0.719. The maximum absolute atomic E-state index is 11.4. The van der Waals surface area contributed by atoms with E-state index in [1.54, 1.807) is 0 Å². The summed E-state index contributed by atoms with van der Waals surface area (Å²) in [6.07, 6.45) is 0.994. The van der Waals surface area contributed by atoms with Gasteiger partial charge in [0, 0.05) is 13.1 Å². The lowest BCUT2D eigenvalue weighted by Crippen LogP contribution is -2.31. The first-order valence-electron chi connectivity index (χ1n) is 6.54. The number of carbonyl (C=O) groups is 1. The molecule has 0 spiro atoms. The van der Waals surface area contributed by atoms with Gasteiger partial charge in [-0.05, 0) is 42.7 Å². The lowest BCUT2D eigenvalue weighted by molar-refractivity contribution is -0.142. The van der Waals surface area contributed by atoms with Crippen molar-refractivity contribution in [3.8, 4) is 0 Å². The second-order valence-corrected chi connectivity index (χ2v) is 5.24. The lowest BCUT2D eigenvalue weighted by Gasteiger charge is -2.20. The molecule has 5 nitrogen and oxygen atoms in total. The predicted octanol–water partition coefficient (Wildman–Crippen LogP) is 2.36. The van der Waals surface area contributed by atoms with Crippen LogP contribution in [0.1, 0.15) is 31.7 Å². The molecule has 0 aliphatic rings. The third kappa shape index (κ3) is 4.31. The minimum Gasteiger partial charge on any atom is -0.468 e. The third-order valence-electron chi connectivity index (χ3n) is 2.95. The molecule has 0 fully saturated rings. The fourth-order valence-electron chi connectivity index (χ4n) is 2.01. The van der Waals surface area contributed by atoms with Gasteiger partial charge in [-0.2, -0.15) is 5.10 Å². The number of methoxy groups -OCH3 is 1. The Morgan fingerprint density at radius 1 is 1.47 bits per heavy atom. The summed E-state index contributed by atoms with van der Waals surface area (Å²) >= 11 is 3.58. The van der Waals surface area contributed by atoms with Gasteiger partial charge in [0.05, 0.1) is 29.5 Å². The standard InChI is InChI=1S/C13H22BrN3O2/c1-5-7-16(9-12(18)19-4)8-11-13(14)10(3)15-17(11)6-2/h5-9H2,1-4H3. The molecule has 0 unspecified atom stereocenters. The van der Waals surface area contributed by atoms with Gasteiger partial charge in [0.25, 0.3) is 0 Å². The summed E-state index contributed by atoms with van der Waals surface area (Å²) in [5.74, 6) is -0.205. The molecular formula is C13H22BrN3O2. The highest BCUT2D eigenvalue weighted by atomic mass is 79.9. The van der Waals surface area contributed by atoms with Crippen molar-refractivity contribution in [3.05, 3.63) is 15.9 Å². The molecule has 0 N–H and O–H groups in total. The van der Waals surface area contributed by atoms with E-state index in [1.807, 2.05) is 11.6 Å². The molecule has 1 heterocycles. The molecule has 0 atom stereocenters. The monoisotopic (exact) mass is 331 g/mol. The van der Waals surface area contributed by atoms with Crippen LogP contribution in [0, 0.1) is 6.92 Å². The van der Waals surface area contributed by atoms with E-state index in [1.165, 1.54) is 7.11 Å². The highest BCUT2D eigenvalue weighted by molar-refractivity contribution is 9.10. The van der Waals surface area contributed by atoms with Crippen LogP contribution in [0.25, 0.3) is 0 Å². The van der Waals surface area contributed by atoms with E-state index >= 15 is 0 Å². The summed E-state index contributed by atoms with van der Waals surface area (Å²) < 4.78 is 7.74. The highest BCUT2D eigenvalue weighted by Crippen LogP contribution is 2.22. The predicted molar refractivity (Wildman–Crippen MR) is 77.9 cm³/mol. The summed E-state index contributed by atoms with van der Waals surface area (Å²) in [6, 6.07) is 0. The van der Waals surface area contributed by atoms with Crippen molar-refractivity contribution in [2.45, 2.75) is 40.3 Å². The molecule has 1 aromatic heterocycles. The number of hydrogen-bond donors (Lipinski definition) is 0. The molecule has 19 heavy (non-hydrogen) atoms. The van der Waals surface area contributed by atoms with Gasteiger partial charge in [-0.1, -0.05) is 6.92 Å². The molecule has 0 saturated carbocycles. The molecule has 0 aliphatic carbocycles. The molecule has 0 amide bonds. The Balaban J connectivity index is 2.86. The molecule has 0 radical (unpaired) electrons. The van der Waals surface area contributed by atoms with Crippen LogP contribution in [-0.2, 0) is 22.6 Å². The van der Waals surface area contributed by atoms with Crippen LogP contribution in [-0.4, -0.2) is 40.8 Å². The van der Waals surface area contributed by atoms with Gasteiger partial charge in [-0.3, -0.25) is 14.4 Å². The van der Waals surface area contributed by atoms with Gasteiger partial charge in [0.1, 0.15) is 0 Å². The average Bonchev–Trinajstić information content (AvgIpc) is 2.66. The number of rotatable bonds is 7. The highest BCUT2D eigenvalue weighted by Gasteiger charge is 2.17. The summed E-state index contributed by atoms with van der Waals surface area (Å²) in [5.41, 5.74) is 2.09. The Morgan fingerprint density at radius 2 is 2.16 bits per heavy atom. The summed E-state index contributed by atoms with van der Waals surface area (Å²) in [7, 11) is 1.42. The minimum atomic E-state index is -0.205. The van der Waals surface area contributed by atoms with Crippen molar-refractivity contribution >= 4 is 21.9 Å². The van der Waals surface area contributed by atoms with Crippen molar-refractivity contribution in [1.29, 1.82) is 0 Å². The fourth-order valence-corrected chi connectivity index (χ4v) is 2.42. The van der Waals surface area contributed by atoms with E-state index in [0.717, 1.165) is 35.4 Å². The number of esters is 1. The van der Waals surface area contributed by atoms with Gasteiger partial charge in [0.2, 0.25) is 0 Å². The summed E-state index contributed by atoms with van der Waals surface area (Å²) in [6.45, 7) is 8.82. The Kier molecular flexibility index (Phi) is 6.51. The molecular weight excluding hydrogens is 310 g/mol. The van der Waals surface area contributed by atoms with Crippen LogP contribution in [0.2, 0.25) is 0 Å². The van der Waals surface area contributed by atoms with E-state index in [-0.39, 0.29) is 5.97 Å². The molecule has 1 rings (SSSR count). The van der Waals surface area contributed by atoms with E-state index in [2.05, 4.69) is 39.8 Å². The number of aromatic nitrogens is 2.